The van der Waals surface area contributed by atoms with Crippen LogP contribution in [0.1, 0.15) is 36.8 Å². The number of imide groups is 1. The molecule has 1 aromatic carbocycles. The van der Waals surface area contributed by atoms with E-state index in [2.05, 4.69) is 10.6 Å². The van der Waals surface area contributed by atoms with Crippen molar-refractivity contribution in [1.82, 2.24) is 20.4 Å². The van der Waals surface area contributed by atoms with E-state index in [9.17, 15) is 14.4 Å². The molecular formula is C21H26N4O3. The molecule has 5 rings (SSSR count). The maximum Gasteiger partial charge on any atom is 0.325 e. The van der Waals surface area contributed by atoms with Crippen LogP contribution in [0.2, 0.25) is 0 Å². The summed E-state index contributed by atoms with van der Waals surface area (Å²) in [5.74, 6) is -0.420. The van der Waals surface area contributed by atoms with E-state index < -0.39 is 11.6 Å². The number of benzene rings is 1. The van der Waals surface area contributed by atoms with Crippen LogP contribution in [-0.2, 0) is 21.5 Å². The highest BCUT2D eigenvalue weighted by atomic mass is 16.2. The quantitative estimate of drug-likeness (QED) is 0.748. The van der Waals surface area contributed by atoms with Crippen molar-refractivity contribution in [1.29, 1.82) is 0 Å². The zero-order chi connectivity index (χ0) is 19.4. The number of likely N-dealkylation sites (tertiary alicyclic amines) is 1. The van der Waals surface area contributed by atoms with Gasteiger partial charge in [0.15, 0.2) is 0 Å². The fourth-order valence-electron chi connectivity index (χ4n) is 5.42. The van der Waals surface area contributed by atoms with Crippen molar-refractivity contribution in [2.75, 3.05) is 32.7 Å². The summed E-state index contributed by atoms with van der Waals surface area (Å²) >= 11 is 0. The average Bonchev–Trinajstić information content (AvgIpc) is 3.37. The van der Waals surface area contributed by atoms with E-state index in [1.54, 1.807) is 0 Å². The molecule has 4 aliphatic rings. The minimum atomic E-state index is -0.991. The van der Waals surface area contributed by atoms with Gasteiger partial charge in [0.1, 0.15) is 12.1 Å². The lowest BCUT2D eigenvalue weighted by Crippen LogP contribution is -2.49. The number of hydrogen-bond donors (Lipinski definition) is 2. The van der Waals surface area contributed by atoms with Crippen LogP contribution in [0, 0.1) is 5.41 Å². The zero-order valence-electron chi connectivity index (χ0n) is 16.0. The smallest absolute Gasteiger partial charge is 0.325 e. The number of nitrogens with zero attached hydrogens (tertiary/aromatic N) is 2. The Kier molecular flexibility index (Phi) is 3.98. The third-order valence-electron chi connectivity index (χ3n) is 7.22. The molecule has 1 aromatic rings. The number of rotatable bonds is 2. The molecule has 3 heterocycles. The first-order valence-electron chi connectivity index (χ1n) is 10.2. The van der Waals surface area contributed by atoms with E-state index in [4.69, 9.17) is 0 Å². The third-order valence-corrected chi connectivity index (χ3v) is 7.22. The molecule has 1 aliphatic carbocycles. The number of nitrogens with one attached hydrogen (secondary N) is 2. The highest BCUT2D eigenvalue weighted by Crippen LogP contribution is 2.41. The van der Waals surface area contributed by atoms with Gasteiger partial charge in [-0.3, -0.25) is 14.5 Å². The van der Waals surface area contributed by atoms with Gasteiger partial charge in [-0.1, -0.05) is 24.3 Å². The van der Waals surface area contributed by atoms with Crippen LogP contribution in [0.25, 0.3) is 0 Å². The molecular weight excluding hydrogens is 356 g/mol. The van der Waals surface area contributed by atoms with Crippen molar-refractivity contribution in [3.8, 4) is 0 Å². The zero-order valence-corrected chi connectivity index (χ0v) is 16.0. The summed E-state index contributed by atoms with van der Waals surface area (Å²) in [5.41, 5.74) is 1.30. The fraction of sp³-hybridized carbons (Fsp3) is 0.571. The summed E-state index contributed by atoms with van der Waals surface area (Å²) in [7, 11) is 0. The molecule has 7 nitrogen and oxygen atoms in total. The molecule has 0 bridgehead atoms. The number of carbonyl (C=O) groups is 3. The number of hydrogen-bond acceptors (Lipinski definition) is 4. The Morgan fingerprint density at radius 2 is 1.86 bits per heavy atom. The molecule has 3 aliphatic heterocycles. The average molecular weight is 382 g/mol. The van der Waals surface area contributed by atoms with Crippen molar-refractivity contribution in [3.05, 3.63) is 35.4 Å². The molecule has 3 fully saturated rings. The second-order valence-electron chi connectivity index (χ2n) is 8.69. The minimum Gasteiger partial charge on any atom is -0.341 e. The Morgan fingerprint density at radius 1 is 1.07 bits per heavy atom. The van der Waals surface area contributed by atoms with E-state index in [-0.39, 0.29) is 18.4 Å². The highest BCUT2D eigenvalue weighted by molar-refractivity contribution is 6.09. The molecule has 0 radical (unpaired) electrons. The first kappa shape index (κ1) is 17.7. The van der Waals surface area contributed by atoms with Crippen molar-refractivity contribution < 1.29 is 14.4 Å². The van der Waals surface area contributed by atoms with Crippen molar-refractivity contribution in [2.24, 2.45) is 5.41 Å². The molecule has 28 heavy (non-hydrogen) atoms. The molecule has 2 N–H and O–H groups in total. The van der Waals surface area contributed by atoms with Gasteiger partial charge in [-0.15, -0.1) is 0 Å². The number of fused-ring (bicyclic) bond motifs is 2. The Labute approximate surface area is 164 Å². The Morgan fingerprint density at radius 3 is 2.61 bits per heavy atom. The molecule has 3 saturated heterocycles. The van der Waals surface area contributed by atoms with E-state index in [0.717, 1.165) is 48.4 Å². The van der Waals surface area contributed by atoms with Crippen LogP contribution in [0.5, 0.6) is 0 Å². The normalized spacial score (nSPS) is 28.3. The largest absolute Gasteiger partial charge is 0.341 e. The van der Waals surface area contributed by atoms with E-state index >= 15 is 0 Å². The Hall–Kier alpha value is -2.41. The number of carbonyl (C=O) groups excluding carboxylic acids is 3. The van der Waals surface area contributed by atoms with Crippen LogP contribution in [-0.4, -0.2) is 60.4 Å². The first-order chi connectivity index (χ1) is 13.5. The molecule has 0 aromatic heterocycles. The van der Waals surface area contributed by atoms with E-state index in [1.165, 1.54) is 6.42 Å². The van der Waals surface area contributed by atoms with Crippen molar-refractivity contribution in [3.63, 3.8) is 0 Å². The van der Waals surface area contributed by atoms with Gasteiger partial charge < -0.3 is 15.5 Å². The first-order valence-corrected chi connectivity index (χ1v) is 10.2. The van der Waals surface area contributed by atoms with Crippen LogP contribution in [0.4, 0.5) is 4.79 Å². The summed E-state index contributed by atoms with van der Waals surface area (Å²) in [6, 6.07) is 7.29. The van der Waals surface area contributed by atoms with Crippen LogP contribution in [0.15, 0.2) is 24.3 Å². The molecule has 1 atom stereocenters. The van der Waals surface area contributed by atoms with Gasteiger partial charge in [-0.25, -0.2) is 4.79 Å². The lowest BCUT2D eigenvalue weighted by molar-refractivity contribution is -0.140. The molecule has 4 amide bonds. The minimum absolute atomic E-state index is 0.132. The fourth-order valence-corrected chi connectivity index (χ4v) is 5.42. The van der Waals surface area contributed by atoms with E-state index in [0.29, 0.717) is 24.9 Å². The van der Waals surface area contributed by atoms with Crippen molar-refractivity contribution >= 4 is 17.8 Å². The standard InChI is InChI=1S/C21H26N4O3/c26-17(24-11-8-20(9-12-24)7-10-22-14-20)13-25-18(27)21(23-19(25)28)6-5-15-3-1-2-4-16(15)21/h1-4,22H,5-14H2,(H,23,28). The number of urea groups is 1. The topological polar surface area (TPSA) is 81.8 Å². The second kappa shape index (κ2) is 6.30. The van der Waals surface area contributed by atoms with Crippen LogP contribution in [0.3, 0.4) is 0 Å². The van der Waals surface area contributed by atoms with Crippen LogP contribution >= 0.6 is 0 Å². The predicted octanol–water partition coefficient (Wildman–Crippen LogP) is 0.982. The van der Waals surface area contributed by atoms with Gasteiger partial charge in [0, 0.05) is 19.6 Å². The lowest BCUT2D eigenvalue weighted by Gasteiger charge is -2.39. The second-order valence-corrected chi connectivity index (χ2v) is 8.69. The third kappa shape index (κ3) is 2.56. The van der Waals surface area contributed by atoms with Gasteiger partial charge in [0.05, 0.1) is 0 Å². The molecule has 7 heteroatoms. The number of amides is 4. The Balaban J connectivity index is 1.28. The summed E-state index contributed by atoms with van der Waals surface area (Å²) in [4.78, 5) is 41.5. The molecule has 0 saturated carbocycles. The summed E-state index contributed by atoms with van der Waals surface area (Å²) in [6.45, 7) is 3.33. The maximum absolute atomic E-state index is 13.2. The number of aryl methyl sites for hydroxylation is 1. The number of piperidine rings is 1. The van der Waals surface area contributed by atoms with Gasteiger partial charge >= 0.3 is 6.03 Å². The molecule has 1 unspecified atom stereocenters. The maximum atomic E-state index is 13.2. The van der Waals surface area contributed by atoms with Gasteiger partial charge in [-0.2, -0.15) is 0 Å². The summed E-state index contributed by atoms with van der Waals surface area (Å²) < 4.78 is 0. The highest BCUT2D eigenvalue weighted by Gasteiger charge is 2.55. The summed E-state index contributed by atoms with van der Waals surface area (Å²) in [6.07, 6.45) is 4.46. The lowest BCUT2D eigenvalue weighted by atomic mass is 9.78. The predicted molar refractivity (Wildman–Crippen MR) is 102 cm³/mol. The van der Waals surface area contributed by atoms with Gasteiger partial charge in [-0.05, 0) is 55.2 Å². The molecule has 148 valence electrons. The molecule has 2 spiro atoms. The SMILES string of the molecule is O=C(CN1C(=O)NC2(CCc3ccccc32)C1=O)N1CCC2(CCNC2)CC1. The van der Waals surface area contributed by atoms with Crippen molar-refractivity contribution in [2.45, 2.75) is 37.6 Å². The summed E-state index contributed by atoms with van der Waals surface area (Å²) in [5, 5.41) is 6.32. The van der Waals surface area contributed by atoms with Gasteiger partial charge in [0.2, 0.25) is 5.91 Å². The van der Waals surface area contributed by atoms with Crippen LogP contribution < -0.4 is 10.6 Å². The Bertz CT molecular complexity index is 838. The van der Waals surface area contributed by atoms with E-state index in [1.807, 2.05) is 29.2 Å². The van der Waals surface area contributed by atoms with Gasteiger partial charge in [0.25, 0.3) is 5.91 Å². The monoisotopic (exact) mass is 382 g/mol.